The minimum atomic E-state index is -0.438. The summed E-state index contributed by atoms with van der Waals surface area (Å²) in [5.41, 5.74) is 6.66. The number of hydrogen-bond acceptors (Lipinski definition) is 2. The number of nitrogens with two attached hydrogens (primary N) is 1. The molecule has 0 radical (unpaired) electrons. The van der Waals surface area contributed by atoms with E-state index >= 15 is 0 Å². The molecule has 0 bridgehead atoms. The summed E-state index contributed by atoms with van der Waals surface area (Å²) in [6, 6.07) is 9.70. The summed E-state index contributed by atoms with van der Waals surface area (Å²) in [5, 5.41) is 9.45. The molecule has 0 aliphatic rings. The predicted molar refractivity (Wildman–Crippen MR) is 49.8 cm³/mol. The topological polar surface area (TPSA) is 46.2 Å². The summed E-state index contributed by atoms with van der Waals surface area (Å²) in [6.07, 6.45) is 0.200. The van der Waals surface area contributed by atoms with E-state index in [1.165, 1.54) is 0 Å². The highest BCUT2D eigenvalue weighted by Gasteiger charge is 2.09. The van der Waals surface area contributed by atoms with E-state index in [1.54, 1.807) is 0 Å². The molecule has 1 aromatic carbocycles. The Morgan fingerprint density at radius 1 is 1.33 bits per heavy atom. The number of benzene rings is 1. The van der Waals surface area contributed by atoms with Crippen LogP contribution in [0.1, 0.15) is 12.5 Å². The largest absolute Gasteiger partial charge is 0.391 e. The van der Waals surface area contributed by atoms with Crippen molar-refractivity contribution in [2.24, 2.45) is 5.73 Å². The third kappa shape index (κ3) is 2.64. The monoisotopic (exact) mass is 165 g/mol. The molecule has 66 valence electrons. The lowest BCUT2D eigenvalue weighted by molar-refractivity contribution is 0.151. The van der Waals surface area contributed by atoms with E-state index in [0.29, 0.717) is 6.42 Å². The summed E-state index contributed by atoms with van der Waals surface area (Å²) in [7, 11) is 0. The second kappa shape index (κ2) is 4.24. The third-order valence-electron chi connectivity index (χ3n) is 1.89. The van der Waals surface area contributed by atoms with Crippen molar-refractivity contribution in [1.82, 2.24) is 0 Å². The Morgan fingerprint density at radius 3 is 2.42 bits per heavy atom. The molecular weight excluding hydrogens is 150 g/mol. The maximum absolute atomic E-state index is 9.45. The van der Waals surface area contributed by atoms with Gasteiger partial charge < -0.3 is 10.8 Å². The number of rotatable bonds is 3. The summed E-state index contributed by atoms with van der Waals surface area (Å²) < 4.78 is 0. The lowest BCUT2D eigenvalue weighted by atomic mass is 10.0. The summed E-state index contributed by atoms with van der Waals surface area (Å²) >= 11 is 0. The Labute approximate surface area is 73.0 Å². The molecule has 2 heteroatoms. The zero-order valence-corrected chi connectivity index (χ0v) is 7.27. The van der Waals surface area contributed by atoms with Crippen LogP contribution >= 0.6 is 0 Å². The van der Waals surface area contributed by atoms with Gasteiger partial charge in [-0.25, -0.2) is 0 Å². The predicted octanol–water partition coefficient (Wildman–Crippen LogP) is 0.937. The van der Waals surface area contributed by atoms with E-state index in [0.717, 1.165) is 5.56 Å². The highest BCUT2D eigenvalue weighted by atomic mass is 16.3. The van der Waals surface area contributed by atoms with Crippen LogP contribution in [0.2, 0.25) is 0 Å². The molecule has 0 aliphatic carbocycles. The summed E-state index contributed by atoms with van der Waals surface area (Å²) in [6.45, 7) is 1.81. The van der Waals surface area contributed by atoms with Gasteiger partial charge in [0.1, 0.15) is 0 Å². The van der Waals surface area contributed by atoms with Crippen molar-refractivity contribution in [2.45, 2.75) is 25.5 Å². The molecule has 0 aliphatic heterocycles. The molecule has 0 spiro atoms. The fraction of sp³-hybridized carbons (Fsp3) is 0.400. The van der Waals surface area contributed by atoms with Crippen molar-refractivity contribution >= 4 is 0 Å². The molecule has 1 rings (SSSR count). The van der Waals surface area contributed by atoms with Crippen molar-refractivity contribution < 1.29 is 5.11 Å². The van der Waals surface area contributed by atoms with E-state index in [9.17, 15) is 5.11 Å². The van der Waals surface area contributed by atoms with Gasteiger partial charge in [0.05, 0.1) is 6.10 Å². The average molecular weight is 165 g/mol. The van der Waals surface area contributed by atoms with E-state index < -0.39 is 6.10 Å². The van der Waals surface area contributed by atoms with Gasteiger partial charge in [0.15, 0.2) is 0 Å². The lowest BCUT2D eigenvalue weighted by Crippen LogP contribution is -2.32. The van der Waals surface area contributed by atoms with Crippen molar-refractivity contribution in [3.8, 4) is 0 Å². The maximum atomic E-state index is 9.45. The van der Waals surface area contributed by atoms with E-state index in [4.69, 9.17) is 5.73 Å². The van der Waals surface area contributed by atoms with Crippen LogP contribution in [-0.4, -0.2) is 17.3 Å². The molecule has 12 heavy (non-hydrogen) atoms. The molecule has 0 aromatic heterocycles. The second-order valence-corrected chi connectivity index (χ2v) is 3.12. The van der Waals surface area contributed by atoms with Crippen molar-refractivity contribution in [3.05, 3.63) is 35.9 Å². The Kier molecular flexibility index (Phi) is 3.26. The van der Waals surface area contributed by atoms with Gasteiger partial charge in [-0.3, -0.25) is 0 Å². The van der Waals surface area contributed by atoms with Crippen LogP contribution < -0.4 is 5.73 Å². The molecule has 0 saturated carbocycles. The minimum absolute atomic E-state index is 0.162. The fourth-order valence-electron chi connectivity index (χ4n) is 1.04. The smallest absolute Gasteiger partial charge is 0.0728 e. The zero-order valence-electron chi connectivity index (χ0n) is 7.27. The van der Waals surface area contributed by atoms with Crippen LogP contribution in [0.3, 0.4) is 0 Å². The molecule has 2 atom stereocenters. The Bertz CT molecular complexity index is 221. The van der Waals surface area contributed by atoms with Gasteiger partial charge >= 0.3 is 0 Å². The first-order valence-corrected chi connectivity index (χ1v) is 4.17. The van der Waals surface area contributed by atoms with E-state index in [2.05, 4.69) is 0 Å². The highest BCUT2D eigenvalue weighted by Crippen LogP contribution is 2.04. The molecule has 2 nitrogen and oxygen atoms in total. The molecule has 0 amide bonds. The molecule has 0 unspecified atom stereocenters. The van der Waals surface area contributed by atoms with Crippen molar-refractivity contribution in [3.63, 3.8) is 0 Å². The Hall–Kier alpha value is -0.860. The summed E-state index contributed by atoms with van der Waals surface area (Å²) in [5.74, 6) is 0. The summed E-state index contributed by atoms with van der Waals surface area (Å²) in [4.78, 5) is 0. The van der Waals surface area contributed by atoms with Gasteiger partial charge in [-0.2, -0.15) is 0 Å². The Balaban J connectivity index is 2.53. The van der Waals surface area contributed by atoms with Gasteiger partial charge in [0.2, 0.25) is 0 Å². The fourth-order valence-corrected chi connectivity index (χ4v) is 1.04. The molecule has 0 saturated heterocycles. The first kappa shape index (κ1) is 9.23. The van der Waals surface area contributed by atoms with Gasteiger partial charge in [0, 0.05) is 6.04 Å². The van der Waals surface area contributed by atoms with Gasteiger partial charge in [-0.05, 0) is 18.9 Å². The lowest BCUT2D eigenvalue weighted by Gasteiger charge is -2.13. The minimum Gasteiger partial charge on any atom is -0.391 e. The van der Waals surface area contributed by atoms with Crippen LogP contribution in [-0.2, 0) is 6.42 Å². The molecular formula is C10H15NO. The SMILES string of the molecule is C[C@H](N)[C@@H](O)Cc1ccccc1. The van der Waals surface area contributed by atoms with E-state index in [1.807, 2.05) is 37.3 Å². The van der Waals surface area contributed by atoms with E-state index in [-0.39, 0.29) is 6.04 Å². The second-order valence-electron chi connectivity index (χ2n) is 3.12. The van der Waals surface area contributed by atoms with Crippen LogP contribution in [0.25, 0.3) is 0 Å². The quantitative estimate of drug-likeness (QED) is 0.700. The highest BCUT2D eigenvalue weighted by molar-refractivity contribution is 5.15. The average Bonchev–Trinajstić information content (AvgIpc) is 2.06. The number of aliphatic hydroxyl groups excluding tert-OH is 1. The molecule has 3 N–H and O–H groups in total. The number of hydrogen-bond donors (Lipinski definition) is 2. The molecule has 1 aromatic rings. The van der Waals surface area contributed by atoms with Crippen LogP contribution in [0.5, 0.6) is 0 Å². The van der Waals surface area contributed by atoms with Crippen LogP contribution in [0.4, 0.5) is 0 Å². The number of aliphatic hydroxyl groups is 1. The third-order valence-corrected chi connectivity index (χ3v) is 1.89. The van der Waals surface area contributed by atoms with Gasteiger partial charge in [0.25, 0.3) is 0 Å². The van der Waals surface area contributed by atoms with Crippen molar-refractivity contribution in [2.75, 3.05) is 0 Å². The van der Waals surface area contributed by atoms with Crippen LogP contribution in [0.15, 0.2) is 30.3 Å². The van der Waals surface area contributed by atoms with Gasteiger partial charge in [-0.15, -0.1) is 0 Å². The zero-order chi connectivity index (χ0) is 8.97. The van der Waals surface area contributed by atoms with Crippen LogP contribution in [0, 0.1) is 0 Å². The van der Waals surface area contributed by atoms with Gasteiger partial charge in [-0.1, -0.05) is 30.3 Å². The van der Waals surface area contributed by atoms with Crippen molar-refractivity contribution in [1.29, 1.82) is 0 Å². The first-order chi connectivity index (χ1) is 5.70. The standard InChI is InChI=1S/C10H15NO/c1-8(11)10(12)7-9-5-3-2-4-6-9/h2-6,8,10,12H,7,11H2,1H3/t8-,10-/m0/s1. The normalized spacial score (nSPS) is 15.6. The molecule has 0 fully saturated rings. The molecule has 0 heterocycles. The Morgan fingerprint density at radius 2 is 1.92 bits per heavy atom. The maximum Gasteiger partial charge on any atom is 0.0728 e. The first-order valence-electron chi connectivity index (χ1n) is 4.17.